The maximum Gasteiger partial charge on any atom is 0.100 e. The molecule has 8 aromatic carbocycles. The molecule has 0 unspecified atom stereocenters. The molecule has 45 heavy (non-hydrogen) atoms. The van der Waals surface area contributed by atoms with Gasteiger partial charge in [0.1, 0.15) is 12.1 Å². The Morgan fingerprint density at radius 1 is 0.378 bits per heavy atom. The smallest absolute Gasteiger partial charge is 0.100 e. The van der Waals surface area contributed by atoms with Crippen LogP contribution in [0, 0.1) is 22.7 Å². The lowest BCUT2D eigenvalue weighted by atomic mass is 9.86. The van der Waals surface area contributed by atoms with Gasteiger partial charge in [-0.3, -0.25) is 0 Å². The van der Waals surface area contributed by atoms with Crippen molar-refractivity contribution >= 4 is 74.6 Å². The minimum atomic E-state index is 0.717. The summed E-state index contributed by atoms with van der Waals surface area (Å²) >= 11 is 1.82. The van der Waals surface area contributed by atoms with Crippen LogP contribution < -0.4 is 0 Å². The molecular formula is C42H22N2S. The summed E-state index contributed by atoms with van der Waals surface area (Å²) < 4.78 is 2.44. The highest BCUT2D eigenvalue weighted by atomic mass is 32.1. The second-order valence-corrected chi connectivity index (χ2v) is 12.4. The molecule has 0 fully saturated rings. The molecule has 0 aliphatic carbocycles. The average Bonchev–Trinajstić information content (AvgIpc) is 3.49. The van der Waals surface area contributed by atoms with Crippen molar-refractivity contribution in [1.29, 1.82) is 10.5 Å². The molecule has 0 N–H and O–H groups in total. The number of rotatable bonds is 2. The molecule has 9 rings (SSSR count). The van der Waals surface area contributed by atoms with E-state index in [4.69, 9.17) is 0 Å². The second-order valence-electron chi connectivity index (χ2n) is 11.4. The van der Waals surface area contributed by atoms with E-state index < -0.39 is 0 Å². The topological polar surface area (TPSA) is 47.6 Å². The normalized spacial score (nSPS) is 11.5. The molecule has 1 aromatic heterocycles. The molecule has 0 saturated heterocycles. The SMILES string of the molecule is N#Cc1c2ccccc2c(-c2cccc3c2sc2cccc(-c4c5ccccc5c(C#N)c5ccccc45)c23)c2ccccc12. The predicted molar refractivity (Wildman–Crippen MR) is 190 cm³/mol. The van der Waals surface area contributed by atoms with Crippen molar-refractivity contribution in [2.24, 2.45) is 0 Å². The van der Waals surface area contributed by atoms with E-state index in [-0.39, 0.29) is 0 Å². The van der Waals surface area contributed by atoms with Gasteiger partial charge in [-0.2, -0.15) is 10.5 Å². The van der Waals surface area contributed by atoms with Gasteiger partial charge in [0, 0.05) is 47.3 Å². The first-order valence-electron chi connectivity index (χ1n) is 14.9. The van der Waals surface area contributed by atoms with E-state index in [9.17, 15) is 10.5 Å². The van der Waals surface area contributed by atoms with Crippen molar-refractivity contribution in [2.45, 2.75) is 0 Å². The van der Waals surface area contributed by atoms with Crippen LogP contribution in [0.15, 0.2) is 133 Å². The fourth-order valence-electron chi connectivity index (χ4n) is 7.33. The van der Waals surface area contributed by atoms with Crippen LogP contribution in [0.1, 0.15) is 11.1 Å². The molecule has 2 nitrogen and oxygen atoms in total. The van der Waals surface area contributed by atoms with Crippen molar-refractivity contribution in [3.8, 4) is 34.4 Å². The zero-order chi connectivity index (χ0) is 30.1. The van der Waals surface area contributed by atoms with Crippen molar-refractivity contribution in [3.63, 3.8) is 0 Å². The second kappa shape index (κ2) is 9.76. The lowest BCUT2D eigenvalue weighted by Crippen LogP contribution is -1.91. The summed E-state index contributed by atoms with van der Waals surface area (Å²) in [5.41, 5.74) is 6.09. The summed E-state index contributed by atoms with van der Waals surface area (Å²) in [7, 11) is 0. The maximum atomic E-state index is 10.2. The van der Waals surface area contributed by atoms with E-state index in [0.717, 1.165) is 59.8 Å². The van der Waals surface area contributed by atoms with Crippen LogP contribution in [0.5, 0.6) is 0 Å². The van der Waals surface area contributed by atoms with Crippen molar-refractivity contribution < 1.29 is 0 Å². The van der Waals surface area contributed by atoms with E-state index in [1.54, 1.807) is 0 Å². The Balaban J connectivity index is 1.44. The zero-order valence-electron chi connectivity index (χ0n) is 24.0. The monoisotopic (exact) mass is 586 g/mol. The molecular weight excluding hydrogens is 565 g/mol. The molecule has 0 amide bonds. The summed E-state index contributed by atoms with van der Waals surface area (Å²) in [5.74, 6) is 0. The number of fused-ring (bicyclic) bond motifs is 7. The first-order valence-corrected chi connectivity index (χ1v) is 15.7. The van der Waals surface area contributed by atoms with Crippen molar-refractivity contribution in [1.82, 2.24) is 0 Å². The molecule has 206 valence electrons. The highest BCUT2D eigenvalue weighted by molar-refractivity contribution is 7.26. The number of nitrogens with zero attached hydrogens (tertiary/aromatic N) is 2. The maximum absolute atomic E-state index is 10.2. The van der Waals surface area contributed by atoms with E-state index in [0.29, 0.717) is 5.56 Å². The van der Waals surface area contributed by atoms with Crippen molar-refractivity contribution in [2.75, 3.05) is 0 Å². The first kappa shape index (κ1) is 25.5. The Kier molecular flexibility index (Phi) is 5.53. The average molecular weight is 587 g/mol. The standard InChI is InChI=1S/C42H22N2S/c43-23-36-25-11-1-5-15-29(25)39(30-16-6-2-12-26(30)36)33-19-10-22-38-41(33)35-21-9-20-34(42(35)45-38)40-31-17-7-3-13-27(31)37(24-44)28-14-4-8-18-32(28)40/h1-22H. The summed E-state index contributed by atoms with van der Waals surface area (Å²) in [6.45, 7) is 0. The number of thiophene rings is 1. The van der Waals surface area contributed by atoms with Gasteiger partial charge in [0.05, 0.1) is 11.1 Å². The summed E-state index contributed by atoms with van der Waals surface area (Å²) in [6, 6.07) is 51.4. The van der Waals surface area contributed by atoms with E-state index in [2.05, 4.69) is 121 Å². The van der Waals surface area contributed by atoms with Gasteiger partial charge >= 0.3 is 0 Å². The summed E-state index contributed by atoms with van der Waals surface area (Å²) in [5, 5.41) is 31.1. The molecule has 0 aliphatic rings. The quantitative estimate of drug-likeness (QED) is 0.189. The molecule has 0 atom stereocenters. The van der Waals surface area contributed by atoms with Gasteiger partial charge in [0.2, 0.25) is 0 Å². The Morgan fingerprint density at radius 3 is 1.22 bits per heavy atom. The fourth-order valence-corrected chi connectivity index (χ4v) is 8.58. The first-order chi connectivity index (χ1) is 22.3. The summed E-state index contributed by atoms with van der Waals surface area (Å²) in [4.78, 5) is 0. The number of benzene rings is 8. The highest BCUT2D eigenvalue weighted by Crippen LogP contribution is 2.49. The van der Waals surface area contributed by atoms with Gasteiger partial charge in [-0.05, 0) is 44.3 Å². The number of hydrogen-bond acceptors (Lipinski definition) is 3. The number of nitriles is 2. The van der Waals surface area contributed by atoms with E-state index in [1.807, 2.05) is 35.6 Å². The van der Waals surface area contributed by atoms with Crippen LogP contribution in [-0.2, 0) is 0 Å². The molecule has 9 aromatic rings. The molecule has 0 saturated carbocycles. The van der Waals surface area contributed by atoms with E-state index >= 15 is 0 Å². The van der Waals surface area contributed by atoms with Gasteiger partial charge in [-0.1, -0.05) is 127 Å². The Bertz CT molecular complexity index is 2680. The van der Waals surface area contributed by atoms with E-state index in [1.165, 1.54) is 31.3 Å². The Labute approximate surface area is 263 Å². The van der Waals surface area contributed by atoms with Crippen LogP contribution in [0.3, 0.4) is 0 Å². The zero-order valence-corrected chi connectivity index (χ0v) is 24.8. The third-order valence-electron chi connectivity index (χ3n) is 9.15. The molecule has 3 heteroatoms. The van der Waals surface area contributed by atoms with Gasteiger partial charge in [-0.25, -0.2) is 0 Å². The molecule has 1 heterocycles. The Morgan fingerprint density at radius 2 is 0.756 bits per heavy atom. The third kappa shape index (κ3) is 3.54. The van der Waals surface area contributed by atoms with Crippen LogP contribution in [0.25, 0.3) is 85.5 Å². The van der Waals surface area contributed by atoms with Crippen LogP contribution in [0.2, 0.25) is 0 Å². The van der Waals surface area contributed by atoms with Gasteiger partial charge in [-0.15, -0.1) is 11.3 Å². The minimum Gasteiger partial charge on any atom is -0.192 e. The largest absolute Gasteiger partial charge is 0.192 e. The van der Waals surface area contributed by atoms with Crippen LogP contribution in [0.4, 0.5) is 0 Å². The Hall–Kier alpha value is -6.00. The third-order valence-corrected chi connectivity index (χ3v) is 10.4. The fraction of sp³-hybridized carbons (Fsp3) is 0. The molecule has 0 radical (unpaired) electrons. The van der Waals surface area contributed by atoms with Crippen molar-refractivity contribution in [3.05, 3.63) is 145 Å². The highest BCUT2D eigenvalue weighted by Gasteiger charge is 2.21. The molecule has 0 spiro atoms. The lowest BCUT2D eigenvalue weighted by Gasteiger charge is -2.16. The molecule has 0 bridgehead atoms. The minimum absolute atomic E-state index is 0.717. The number of hydrogen-bond donors (Lipinski definition) is 0. The van der Waals surface area contributed by atoms with Gasteiger partial charge in [0.15, 0.2) is 0 Å². The molecule has 0 aliphatic heterocycles. The van der Waals surface area contributed by atoms with Gasteiger partial charge in [0.25, 0.3) is 0 Å². The predicted octanol–water partition coefficient (Wildman–Crippen LogP) is 11.7. The van der Waals surface area contributed by atoms with Gasteiger partial charge < -0.3 is 0 Å². The van der Waals surface area contributed by atoms with Crippen LogP contribution in [-0.4, -0.2) is 0 Å². The lowest BCUT2D eigenvalue weighted by molar-refractivity contribution is 1.51. The summed E-state index contributed by atoms with van der Waals surface area (Å²) in [6.07, 6.45) is 0. The van der Waals surface area contributed by atoms with Crippen LogP contribution >= 0.6 is 11.3 Å².